The molecule has 3 aromatic rings. The van der Waals surface area contributed by atoms with Crippen molar-refractivity contribution in [1.82, 2.24) is 4.57 Å². The van der Waals surface area contributed by atoms with E-state index in [1.54, 1.807) is 23.7 Å². The van der Waals surface area contributed by atoms with E-state index in [0.717, 1.165) is 24.5 Å². The summed E-state index contributed by atoms with van der Waals surface area (Å²) in [5.74, 6) is -0.0968. The number of benzene rings is 2. The summed E-state index contributed by atoms with van der Waals surface area (Å²) in [5, 5.41) is 18.6. The number of halogens is 3. The maximum absolute atomic E-state index is 12.0. The van der Waals surface area contributed by atoms with Crippen LogP contribution in [0.1, 0.15) is 5.56 Å². The van der Waals surface area contributed by atoms with E-state index in [1.807, 2.05) is 25.1 Å². The van der Waals surface area contributed by atoms with Gasteiger partial charge in [-0.3, -0.25) is 4.79 Å². The van der Waals surface area contributed by atoms with Crippen LogP contribution < -0.4 is 4.74 Å². The van der Waals surface area contributed by atoms with Crippen molar-refractivity contribution >= 4 is 70.3 Å². The first-order valence-corrected chi connectivity index (χ1v) is 10.2. The number of rotatable bonds is 4. The fourth-order valence-corrected chi connectivity index (χ4v) is 4.67. The summed E-state index contributed by atoms with van der Waals surface area (Å²) in [4.78, 5) is 12.0. The molecule has 0 aliphatic carbocycles. The maximum atomic E-state index is 12.0. The van der Waals surface area contributed by atoms with Gasteiger partial charge in [0.05, 0.1) is 9.99 Å². The van der Waals surface area contributed by atoms with E-state index in [4.69, 9.17) is 4.74 Å². The second-order valence-electron chi connectivity index (χ2n) is 5.83. The Bertz CT molecular complexity index is 1080. The molecule has 0 fully saturated rings. The van der Waals surface area contributed by atoms with Crippen molar-refractivity contribution in [3.8, 4) is 11.6 Å². The zero-order valence-corrected chi connectivity index (χ0v) is 19.1. The highest BCUT2D eigenvalue weighted by Crippen LogP contribution is 2.42. The van der Waals surface area contributed by atoms with Crippen LogP contribution in [0.25, 0.3) is 10.9 Å². The van der Waals surface area contributed by atoms with Crippen LogP contribution >= 0.6 is 47.8 Å². The van der Waals surface area contributed by atoms with Gasteiger partial charge < -0.3 is 14.4 Å². The molecule has 140 valence electrons. The summed E-state index contributed by atoms with van der Waals surface area (Å²) < 4.78 is 9.39. The third-order valence-electron chi connectivity index (χ3n) is 3.85. The summed E-state index contributed by atoms with van der Waals surface area (Å²) in [6.45, 7) is 1.70. The van der Waals surface area contributed by atoms with Crippen LogP contribution in [-0.4, -0.2) is 22.2 Å². The lowest BCUT2D eigenvalue weighted by Crippen LogP contribution is -2.08. The van der Waals surface area contributed by atoms with E-state index in [9.17, 15) is 9.90 Å². The first-order valence-electron chi connectivity index (χ1n) is 7.78. The first kappa shape index (κ1) is 20.0. The monoisotopic (exact) mass is 557 g/mol. The van der Waals surface area contributed by atoms with Crippen molar-refractivity contribution in [3.05, 3.63) is 49.3 Å². The Morgan fingerprint density at radius 2 is 1.93 bits per heavy atom. The number of amides is 1. The van der Waals surface area contributed by atoms with Gasteiger partial charge in [-0.05, 0) is 68.6 Å². The number of hydrogen-bond donors (Lipinski definition) is 1. The fourth-order valence-electron chi connectivity index (χ4n) is 2.57. The van der Waals surface area contributed by atoms with E-state index in [1.165, 1.54) is 0 Å². The van der Waals surface area contributed by atoms with Gasteiger partial charge in [-0.1, -0.05) is 22.0 Å². The Balaban J connectivity index is 1.81. The Labute approximate surface area is 180 Å². The van der Waals surface area contributed by atoms with E-state index in [0.29, 0.717) is 11.1 Å². The Kier molecular flexibility index (Phi) is 6.02. The van der Waals surface area contributed by atoms with Crippen molar-refractivity contribution in [3.63, 3.8) is 0 Å². The van der Waals surface area contributed by atoms with Gasteiger partial charge in [0.25, 0.3) is 0 Å². The molecule has 1 heterocycles. The third-order valence-corrected chi connectivity index (χ3v) is 5.53. The molecule has 0 atom stereocenters. The number of fused-ring (bicyclic) bond motifs is 1. The van der Waals surface area contributed by atoms with Crippen LogP contribution in [0.15, 0.2) is 54.0 Å². The van der Waals surface area contributed by atoms with Crippen LogP contribution in [0.4, 0.5) is 5.69 Å². The summed E-state index contributed by atoms with van der Waals surface area (Å²) in [7, 11) is 1.70. The molecule has 6 nitrogen and oxygen atoms in total. The average molecular weight is 560 g/mol. The van der Waals surface area contributed by atoms with E-state index >= 15 is 0 Å². The summed E-state index contributed by atoms with van der Waals surface area (Å²) in [6, 6.07) is 9.22. The van der Waals surface area contributed by atoms with Gasteiger partial charge in [-0.15, -0.1) is 10.2 Å². The van der Waals surface area contributed by atoms with Crippen LogP contribution in [0.2, 0.25) is 0 Å². The zero-order chi connectivity index (χ0) is 19.7. The van der Waals surface area contributed by atoms with Crippen LogP contribution in [0.3, 0.4) is 0 Å². The molecule has 1 amide bonds. The largest absolute Gasteiger partial charge is 0.493 e. The topological polar surface area (TPSA) is 76.2 Å². The Hall–Kier alpha value is -1.71. The Morgan fingerprint density at radius 3 is 2.63 bits per heavy atom. The van der Waals surface area contributed by atoms with Crippen LogP contribution in [-0.2, 0) is 11.8 Å². The van der Waals surface area contributed by atoms with Gasteiger partial charge in [0.15, 0.2) is 12.3 Å². The van der Waals surface area contributed by atoms with E-state index in [2.05, 4.69) is 58.0 Å². The van der Waals surface area contributed by atoms with Gasteiger partial charge in [-0.25, -0.2) is 0 Å². The van der Waals surface area contributed by atoms with Gasteiger partial charge in [0.2, 0.25) is 5.88 Å². The molecule has 0 radical (unpaired) electrons. The van der Waals surface area contributed by atoms with Crippen molar-refractivity contribution in [2.45, 2.75) is 6.92 Å². The van der Waals surface area contributed by atoms with E-state index in [-0.39, 0.29) is 18.2 Å². The predicted molar refractivity (Wildman–Crippen MR) is 114 cm³/mol. The molecule has 2 aromatic carbocycles. The molecule has 0 aliphatic heterocycles. The van der Waals surface area contributed by atoms with Gasteiger partial charge in [-0.2, -0.15) is 0 Å². The van der Waals surface area contributed by atoms with Crippen molar-refractivity contribution < 1.29 is 14.6 Å². The second kappa shape index (κ2) is 8.12. The lowest BCUT2D eigenvalue weighted by Gasteiger charge is -2.06. The second-order valence-corrected chi connectivity index (χ2v) is 8.46. The number of carbonyl (C=O) groups is 1. The minimum Gasteiger partial charge on any atom is -0.493 e. The molecule has 0 saturated carbocycles. The molecular formula is C18H14Br3N3O3. The molecule has 9 heteroatoms. The number of nitrogens with zero attached hydrogens (tertiary/aromatic N) is 3. The number of azo groups is 1. The first-order chi connectivity index (χ1) is 12.8. The number of carbonyl (C=O) groups excluding carboxylic acids is 1. The number of aryl methyl sites for hydroxylation is 2. The number of hydrogen-bond acceptors (Lipinski definition) is 4. The quantitative estimate of drug-likeness (QED) is 0.388. The zero-order valence-electron chi connectivity index (χ0n) is 14.3. The van der Waals surface area contributed by atoms with Crippen molar-refractivity contribution in [2.75, 3.05) is 6.61 Å². The Morgan fingerprint density at radius 1 is 1.19 bits per heavy atom. The normalized spacial score (nSPS) is 11.4. The highest BCUT2D eigenvalue weighted by molar-refractivity contribution is 9.11. The fraction of sp³-hybridized carbons (Fsp3) is 0.167. The highest BCUT2D eigenvalue weighted by atomic mass is 79.9. The summed E-state index contributed by atoms with van der Waals surface area (Å²) in [6.07, 6.45) is 0. The molecule has 1 aromatic heterocycles. The molecule has 0 spiro atoms. The number of aromatic nitrogens is 1. The highest BCUT2D eigenvalue weighted by Gasteiger charge is 2.18. The third kappa shape index (κ3) is 4.25. The standard InChI is InChI=1S/C18H14Br3N3O3/c1-9-3-4-14(12(20)5-9)27-8-15(25)22-23-16-11-6-10(19)7-13(21)17(11)24(2)18(16)26/h3-7,26H,8H2,1-2H3. The van der Waals surface area contributed by atoms with Gasteiger partial charge in [0.1, 0.15) is 5.75 Å². The minimum atomic E-state index is -0.562. The lowest BCUT2D eigenvalue weighted by molar-refractivity contribution is -0.120. The maximum Gasteiger partial charge on any atom is 0.302 e. The summed E-state index contributed by atoms with van der Waals surface area (Å²) >= 11 is 10.3. The molecule has 0 aliphatic rings. The van der Waals surface area contributed by atoms with Gasteiger partial charge >= 0.3 is 5.91 Å². The van der Waals surface area contributed by atoms with Crippen LogP contribution in [0.5, 0.6) is 11.6 Å². The molecular weight excluding hydrogens is 546 g/mol. The van der Waals surface area contributed by atoms with Crippen LogP contribution in [0, 0.1) is 6.92 Å². The predicted octanol–water partition coefficient (Wildman–Crippen LogP) is 6.17. The molecule has 3 rings (SSSR count). The molecule has 1 N–H and O–H groups in total. The summed E-state index contributed by atoms with van der Waals surface area (Å²) in [5.41, 5.74) is 2.04. The van der Waals surface area contributed by atoms with E-state index < -0.39 is 5.91 Å². The van der Waals surface area contributed by atoms with Gasteiger partial charge in [0, 0.05) is 21.4 Å². The number of ether oxygens (including phenoxy) is 1. The minimum absolute atomic E-state index is 0.0810. The number of aromatic hydroxyl groups is 1. The van der Waals surface area contributed by atoms with Crippen molar-refractivity contribution in [1.29, 1.82) is 0 Å². The smallest absolute Gasteiger partial charge is 0.302 e. The average Bonchev–Trinajstić information content (AvgIpc) is 2.83. The lowest BCUT2D eigenvalue weighted by atomic mass is 10.2. The molecule has 0 saturated heterocycles. The SMILES string of the molecule is Cc1ccc(OCC(=O)N=Nc2c(O)n(C)c3c(Br)cc(Br)cc23)c(Br)c1. The molecule has 0 bridgehead atoms. The molecule has 27 heavy (non-hydrogen) atoms. The molecule has 0 unspecified atom stereocenters. The van der Waals surface area contributed by atoms with Crippen molar-refractivity contribution in [2.24, 2.45) is 17.3 Å².